The summed E-state index contributed by atoms with van der Waals surface area (Å²) in [6.07, 6.45) is 1.62. The molecular formula is C12H16ClNO2S. The van der Waals surface area contributed by atoms with Crippen LogP contribution >= 0.6 is 11.6 Å². The lowest BCUT2D eigenvalue weighted by molar-refractivity contribution is 0.0943. The second-order valence-electron chi connectivity index (χ2n) is 3.94. The minimum absolute atomic E-state index is 0.0963. The van der Waals surface area contributed by atoms with Crippen molar-refractivity contribution in [2.75, 3.05) is 12.0 Å². The van der Waals surface area contributed by atoms with Gasteiger partial charge in [-0.1, -0.05) is 12.1 Å². The molecule has 0 spiro atoms. The van der Waals surface area contributed by atoms with Crippen molar-refractivity contribution in [1.29, 1.82) is 0 Å². The van der Waals surface area contributed by atoms with Gasteiger partial charge < -0.3 is 5.32 Å². The Balaban J connectivity index is 2.60. The van der Waals surface area contributed by atoms with Crippen LogP contribution in [0.3, 0.4) is 0 Å². The highest BCUT2D eigenvalue weighted by Crippen LogP contribution is 2.07. The molecule has 17 heavy (non-hydrogen) atoms. The Morgan fingerprint density at radius 1 is 1.41 bits per heavy atom. The maximum absolute atomic E-state index is 11.8. The van der Waals surface area contributed by atoms with E-state index in [0.717, 1.165) is 5.56 Å². The largest absolute Gasteiger partial charge is 0.349 e. The first kappa shape index (κ1) is 14.2. The van der Waals surface area contributed by atoms with E-state index in [2.05, 4.69) is 5.32 Å². The molecule has 0 radical (unpaired) electrons. The third-order valence-corrected chi connectivity index (χ3v) is 3.51. The molecule has 1 aromatic carbocycles. The molecule has 0 heterocycles. The SMILES string of the molecule is CC(CS(C)=O)NC(=O)c1ccc(CCl)cc1. The zero-order valence-corrected chi connectivity index (χ0v) is 11.5. The first-order valence-electron chi connectivity index (χ1n) is 5.28. The van der Waals surface area contributed by atoms with E-state index >= 15 is 0 Å². The van der Waals surface area contributed by atoms with Crippen LogP contribution in [-0.2, 0) is 16.7 Å². The minimum atomic E-state index is -0.906. The Kier molecular flexibility index (Phi) is 5.65. The molecule has 3 nitrogen and oxygen atoms in total. The highest BCUT2D eigenvalue weighted by Gasteiger charge is 2.10. The van der Waals surface area contributed by atoms with E-state index in [1.54, 1.807) is 18.4 Å². The number of benzene rings is 1. The van der Waals surface area contributed by atoms with E-state index in [9.17, 15) is 9.00 Å². The number of hydrogen-bond donors (Lipinski definition) is 1. The van der Waals surface area contributed by atoms with E-state index < -0.39 is 10.8 Å². The van der Waals surface area contributed by atoms with Crippen molar-refractivity contribution in [2.24, 2.45) is 0 Å². The molecular weight excluding hydrogens is 258 g/mol. The Bertz CT molecular complexity index is 405. The van der Waals surface area contributed by atoms with Gasteiger partial charge in [0.15, 0.2) is 0 Å². The Morgan fingerprint density at radius 2 is 2.00 bits per heavy atom. The molecule has 2 unspecified atom stereocenters. The molecule has 0 fully saturated rings. The van der Waals surface area contributed by atoms with Crippen molar-refractivity contribution in [1.82, 2.24) is 5.32 Å². The highest BCUT2D eigenvalue weighted by molar-refractivity contribution is 7.84. The predicted octanol–water partition coefficient (Wildman–Crippen LogP) is 1.92. The molecule has 1 rings (SSSR count). The fourth-order valence-corrected chi connectivity index (χ4v) is 2.41. The van der Waals surface area contributed by atoms with Crippen LogP contribution in [0.1, 0.15) is 22.8 Å². The first-order valence-corrected chi connectivity index (χ1v) is 7.55. The summed E-state index contributed by atoms with van der Waals surface area (Å²) in [7, 11) is -0.906. The van der Waals surface area contributed by atoms with E-state index in [1.165, 1.54) is 0 Å². The summed E-state index contributed by atoms with van der Waals surface area (Å²) in [5.74, 6) is 0.752. The van der Waals surface area contributed by atoms with Gasteiger partial charge in [-0.15, -0.1) is 11.6 Å². The number of amides is 1. The predicted molar refractivity (Wildman–Crippen MR) is 71.9 cm³/mol. The van der Waals surface area contributed by atoms with Gasteiger partial charge in [0.2, 0.25) is 0 Å². The fourth-order valence-electron chi connectivity index (χ4n) is 1.45. The number of carbonyl (C=O) groups excluding carboxylic acids is 1. The molecule has 0 bridgehead atoms. The molecule has 94 valence electrons. The van der Waals surface area contributed by atoms with Crippen LogP contribution in [0, 0.1) is 0 Å². The second-order valence-corrected chi connectivity index (χ2v) is 5.69. The van der Waals surface area contributed by atoms with Crippen molar-refractivity contribution in [3.8, 4) is 0 Å². The van der Waals surface area contributed by atoms with Crippen LogP contribution in [0.4, 0.5) is 0 Å². The third kappa shape index (κ3) is 4.88. The summed E-state index contributed by atoms with van der Waals surface area (Å²) < 4.78 is 11.0. The summed E-state index contributed by atoms with van der Waals surface area (Å²) in [4.78, 5) is 11.8. The molecule has 1 N–H and O–H groups in total. The van der Waals surface area contributed by atoms with Gasteiger partial charge in [-0.25, -0.2) is 0 Å². The molecule has 1 aromatic rings. The molecule has 0 aliphatic rings. The molecule has 0 aliphatic heterocycles. The van der Waals surface area contributed by atoms with E-state index in [4.69, 9.17) is 11.6 Å². The normalized spacial score (nSPS) is 14.1. The lowest BCUT2D eigenvalue weighted by Gasteiger charge is -2.12. The summed E-state index contributed by atoms with van der Waals surface area (Å²) in [6.45, 7) is 1.84. The van der Waals surface area contributed by atoms with Gasteiger partial charge in [0.05, 0.1) is 0 Å². The van der Waals surface area contributed by atoms with Crippen molar-refractivity contribution in [2.45, 2.75) is 18.8 Å². The van der Waals surface area contributed by atoms with Crippen LogP contribution in [0.15, 0.2) is 24.3 Å². The van der Waals surface area contributed by atoms with E-state index in [-0.39, 0.29) is 11.9 Å². The molecule has 1 amide bonds. The maximum Gasteiger partial charge on any atom is 0.251 e. The molecule has 0 aliphatic carbocycles. The van der Waals surface area contributed by atoms with Crippen molar-refractivity contribution in [3.63, 3.8) is 0 Å². The number of carbonyl (C=O) groups is 1. The van der Waals surface area contributed by atoms with Crippen LogP contribution in [0.5, 0.6) is 0 Å². The quantitative estimate of drug-likeness (QED) is 0.833. The number of nitrogens with one attached hydrogen (secondary N) is 1. The van der Waals surface area contributed by atoms with Crippen LogP contribution < -0.4 is 5.32 Å². The monoisotopic (exact) mass is 273 g/mol. The third-order valence-electron chi connectivity index (χ3n) is 2.23. The van der Waals surface area contributed by atoms with Gasteiger partial charge in [0, 0.05) is 40.3 Å². The second kappa shape index (κ2) is 6.77. The number of halogens is 1. The Morgan fingerprint density at radius 3 is 2.47 bits per heavy atom. The van der Waals surface area contributed by atoms with Crippen LogP contribution in [-0.4, -0.2) is 28.2 Å². The molecule has 0 saturated carbocycles. The van der Waals surface area contributed by atoms with Gasteiger partial charge in [-0.2, -0.15) is 0 Å². The lowest BCUT2D eigenvalue weighted by atomic mass is 10.1. The fraction of sp³-hybridized carbons (Fsp3) is 0.417. The average molecular weight is 274 g/mol. The zero-order chi connectivity index (χ0) is 12.8. The molecule has 5 heteroatoms. The number of alkyl halides is 1. The topological polar surface area (TPSA) is 46.2 Å². The molecule has 2 atom stereocenters. The highest BCUT2D eigenvalue weighted by atomic mass is 35.5. The van der Waals surface area contributed by atoms with E-state index in [1.807, 2.05) is 19.1 Å². The van der Waals surface area contributed by atoms with Gasteiger partial charge in [-0.05, 0) is 24.6 Å². The summed E-state index contributed by atoms with van der Waals surface area (Å²) in [5, 5.41) is 2.80. The van der Waals surface area contributed by atoms with Crippen molar-refractivity contribution < 1.29 is 9.00 Å². The summed E-state index contributed by atoms with van der Waals surface area (Å²) in [6, 6.07) is 7.03. The zero-order valence-electron chi connectivity index (χ0n) is 9.90. The van der Waals surface area contributed by atoms with Gasteiger partial charge >= 0.3 is 0 Å². The average Bonchev–Trinajstić information content (AvgIpc) is 2.28. The Labute approximate surface area is 109 Å². The van der Waals surface area contributed by atoms with Crippen LogP contribution in [0.25, 0.3) is 0 Å². The van der Waals surface area contributed by atoms with Gasteiger partial charge in [0.25, 0.3) is 5.91 Å². The molecule has 0 saturated heterocycles. The van der Waals surface area contributed by atoms with E-state index in [0.29, 0.717) is 17.2 Å². The van der Waals surface area contributed by atoms with Crippen molar-refractivity contribution in [3.05, 3.63) is 35.4 Å². The molecule has 0 aromatic heterocycles. The minimum Gasteiger partial charge on any atom is -0.349 e. The van der Waals surface area contributed by atoms with Gasteiger partial charge in [-0.3, -0.25) is 9.00 Å². The van der Waals surface area contributed by atoms with Gasteiger partial charge in [0.1, 0.15) is 0 Å². The summed E-state index contributed by atoms with van der Waals surface area (Å²) in [5.41, 5.74) is 1.57. The maximum atomic E-state index is 11.8. The number of rotatable bonds is 5. The Hall–Kier alpha value is -0.870. The standard InChI is InChI=1S/C12H16ClNO2S/c1-9(8-17(2)16)14-12(15)11-5-3-10(7-13)4-6-11/h3-6,9H,7-8H2,1-2H3,(H,14,15). The smallest absolute Gasteiger partial charge is 0.251 e. The lowest BCUT2D eigenvalue weighted by Crippen LogP contribution is -2.36. The number of hydrogen-bond acceptors (Lipinski definition) is 2. The van der Waals surface area contributed by atoms with Crippen LogP contribution in [0.2, 0.25) is 0 Å². The summed E-state index contributed by atoms with van der Waals surface area (Å²) >= 11 is 5.67. The first-order chi connectivity index (χ1) is 8.02. The van der Waals surface area contributed by atoms with Crippen molar-refractivity contribution >= 4 is 28.3 Å².